The molecule has 2 aromatic rings. The van der Waals surface area contributed by atoms with Crippen molar-refractivity contribution in [3.8, 4) is 0 Å². The first-order valence-corrected chi connectivity index (χ1v) is 12.1. The fourth-order valence-corrected chi connectivity index (χ4v) is 4.29. The Morgan fingerprint density at radius 1 is 1.09 bits per heavy atom. The van der Waals surface area contributed by atoms with Gasteiger partial charge in [-0.05, 0) is 37.8 Å². The van der Waals surface area contributed by atoms with Gasteiger partial charge in [-0.1, -0.05) is 60.7 Å². The maximum Gasteiger partial charge on any atom is 0.318 e. The quantitative estimate of drug-likeness (QED) is 0.564. The molecule has 1 fully saturated rings. The normalized spacial score (nSPS) is 16.4. The summed E-state index contributed by atoms with van der Waals surface area (Å²) in [4.78, 5) is 41.7. The SMILES string of the molecule is CCOC(=O)C1CCCN(C(=O)CCN(C(=O)NCc2ccccc2)C(C)c2ccccc2)C1. The molecule has 0 bridgehead atoms. The second kappa shape index (κ2) is 12.8. The van der Waals surface area contributed by atoms with Gasteiger partial charge >= 0.3 is 12.0 Å². The Hall–Kier alpha value is -3.35. The molecule has 7 nitrogen and oxygen atoms in total. The summed E-state index contributed by atoms with van der Waals surface area (Å²) >= 11 is 0. The zero-order valence-electron chi connectivity index (χ0n) is 20.1. The predicted molar refractivity (Wildman–Crippen MR) is 131 cm³/mol. The predicted octanol–water partition coefficient (Wildman–Crippen LogP) is 4.15. The van der Waals surface area contributed by atoms with Crippen LogP contribution < -0.4 is 5.32 Å². The van der Waals surface area contributed by atoms with Crippen LogP contribution in [0.4, 0.5) is 4.79 Å². The van der Waals surface area contributed by atoms with Gasteiger partial charge in [0.1, 0.15) is 0 Å². The van der Waals surface area contributed by atoms with E-state index in [1.807, 2.05) is 67.6 Å². The molecule has 2 aromatic carbocycles. The third-order valence-corrected chi connectivity index (χ3v) is 6.26. The third-order valence-electron chi connectivity index (χ3n) is 6.26. The van der Waals surface area contributed by atoms with Crippen LogP contribution in [0.2, 0.25) is 0 Å². The van der Waals surface area contributed by atoms with E-state index in [2.05, 4.69) is 5.32 Å². The number of rotatable bonds is 9. The van der Waals surface area contributed by atoms with Crippen molar-refractivity contribution in [2.24, 2.45) is 5.92 Å². The van der Waals surface area contributed by atoms with Gasteiger partial charge in [-0.3, -0.25) is 9.59 Å². The Morgan fingerprint density at radius 3 is 2.44 bits per heavy atom. The van der Waals surface area contributed by atoms with E-state index < -0.39 is 0 Å². The van der Waals surface area contributed by atoms with Crippen molar-refractivity contribution in [2.45, 2.75) is 45.7 Å². The minimum absolute atomic E-state index is 0.0462. The zero-order chi connectivity index (χ0) is 24.3. The maximum absolute atomic E-state index is 13.2. The van der Waals surface area contributed by atoms with Crippen molar-refractivity contribution < 1.29 is 19.1 Å². The first kappa shape index (κ1) is 25.3. The van der Waals surface area contributed by atoms with E-state index in [1.165, 1.54) is 0 Å². The number of likely N-dealkylation sites (tertiary alicyclic amines) is 1. The van der Waals surface area contributed by atoms with Crippen LogP contribution in [0.25, 0.3) is 0 Å². The molecule has 0 saturated carbocycles. The number of amides is 3. The molecular weight excluding hydrogens is 430 g/mol. The van der Waals surface area contributed by atoms with Crippen LogP contribution in [0.1, 0.15) is 50.3 Å². The van der Waals surface area contributed by atoms with Gasteiger partial charge in [0, 0.05) is 32.6 Å². The Balaban J connectivity index is 1.64. The Kier molecular flexibility index (Phi) is 9.50. The van der Waals surface area contributed by atoms with Crippen LogP contribution >= 0.6 is 0 Å². The monoisotopic (exact) mass is 465 g/mol. The lowest BCUT2D eigenvalue weighted by Crippen LogP contribution is -2.46. The molecule has 0 aliphatic carbocycles. The summed E-state index contributed by atoms with van der Waals surface area (Å²) in [6.07, 6.45) is 1.71. The van der Waals surface area contributed by atoms with Gasteiger partial charge < -0.3 is 19.9 Å². The highest BCUT2D eigenvalue weighted by molar-refractivity contribution is 5.80. The van der Waals surface area contributed by atoms with E-state index in [9.17, 15) is 14.4 Å². The van der Waals surface area contributed by atoms with Crippen LogP contribution in [0.5, 0.6) is 0 Å². The number of urea groups is 1. The molecule has 1 saturated heterocycles. The fraction of sp³-hybridized carbons (Fsp3) is 0.444. The van der Waals surface area contributed by atoms with Crippen LogP contribution in [-0.4, -0.2) is 53.9 Å². The summed E-state index contributed by atoms with van der Waals surface area (Å²) in [6, 6.07) is 19.1. The van der Waals surface area contributed by atoms with Crippen molar-refractivity contribution in [3.63, 3.8) is 0 Å². The van der Waals surface area contributed by atoms with E-state index in [-0.39, 0.29) is 42.8 Å². The first-order chi connectivity index (χ1) is 16.5. The van der Waals surface area contributed by atoms with Crippen molar-refractivity contribution in [2.75, 3.05) is 26.2 Å². The van der Waals surface area contributed by atoms with Gasteiger partial charge in [-0.15, -0.1) is 0 Å². The molecule has 2 unspecified atom stereocenters. The summed E-state index contributed by atoms with van der Waals surface area (Å²) < 4.78 is 5.14. The fourth-order valence-electron chi connectivity index (χ4n) is 4.29. The second-order valence-electron chi connectivity index (χ2n) is 8.61. The smallest absolute Gasteiger partial charge is 0.318 e. The number of nitrogens with zero attached hydrogens (tertiary/aromatic N) is 2. The Morgan fingerprint density at radius 2 is 1.76 bits per heavy atom. The van der Waals surface area contributed by atoms with Gasteiger partial charge in [0.15, 0.2) is 0 Å². The Bertz CT molecular complexity index is 935. The summed E-state index contributed by atoms with van der Waals surface area (Å²) in [6.45, 7) is 5.81. The standard InChI is InChI=1S/C27H35N3O4/c1-3-34-26(32)24-15-10-17-29(20-24)25(31)16-18-30(21(2)23-13-8-5-9-14-23)27(33)28-19-22-11-6-4-7-12-22/h4-9,11-14,21,24H,3,10,15-20H2,1-2H3,(H,28,33). The highest BCUT2D eigenvalue weighted by atomic mass is 16.5. The number of carbonyl (C=O) groups is 3. The minimum Gasteiger partial charge on any atom is -0.466 e. The average molecular weight is 466 g/mol. The molecule has 1 N–H and O–H groups in total. The first-order valence-electron chi connectivity index (χ1n) is 12.1. The van der Waals surface area contributed by atoms with Crippen LogP contribution in [0.15, 0.2) is 60.7 Å². The lowest BCUT2D eigenvalue weighted by molar-refractivity contribution is -0.151. The topological polar surface area (TPSA) is 79.0 Å². The van der Waals surface area contributed by atoms with Crippen molar-refractivity contribution >= 4 is 17.9 Å². The Labute approximate surface area is 202 Å². The van der Waals surface area contributed by atoms with Crippen LogP contribution in [-0.2, 0) is 20.9 Å². The minimum atomic E-state index is -0.272. The zero-order valence-corrected chi connectivity index (χ0v) is 20.1. The van der Waals surface area contributed by atoms with E-state index in [4.69, 9.17) is 4.74 Å². The van der Waals surface area contributed by atoms with E-state index in [0.29, 0.717) is 26.2 Å². The molecule has 1 aliphatic rings. The third kappa shape index (κ3) is 7.07. The van der Waals surface area contributed by atoms with Gasteiger partial charge in [0.25, 0.3) is 0 Å². The van der Waals surface area contributed by atoms with Gasteiger partial charge in [-0.25, -0.2) is 4.79 Å². The average Bonchev–Trinajstić information content (AvgIpc) is 2.88. The highest BCUT2D eigenvalue weighted by Gasteiger charge is 2.30. The molecular formula is C27H35N3O4. The summed E-state index contributed by atoms with van der Waals surface area (Å²) in [7, 11) is 0. The van der Waals surface area contributed by atoms with E-state index in [0.717, 1.165) is 24.0 Å². The number of carbonyl (C=O) groups excluding carboxylic acids is 3. The molecule has 1 heterocycles. The number of ether oxygens (including phenoxy) is 1. The van der Waals surface area contributed by atoms with Gasteiger partial charge in [0.05, 0.1) is 18.6 Å². The lowest BCUT2D eigenvalue weighted by atomic mass is 9.98. The van der Waals surface area contributed by atoms with Crippen molar-refractivity contribution in [3.05, 3.63) is 71.8 Å². The molecule has 0 aromatic heterocycles. The number of hydrogen-bond acceptors (Lipinski definition) is 4. The molecule has 2 atom stereocenters. The summed E-state index contributed by atoms with van der Waals surface area (Å²) in [5.41, 5.74) is 2.02. The number of piperidine rings is 1. The molecule has 7 heteroatoms. The van der Waals surface area contributed by atoms with Crippen molar-refractivity contribution in [1.82, 2.24) is 15.1 Å². The molecule has 34 heavy (non-hydrogen) atoms. The van der Waals surface area contributed by atoms with Crippen molar-refractivity contribution in [1.29, 1.82) is 0 Å². The number of esters is 1. The van der Waals surface area contributed by atoms with Gasteiger partial charge in [0.2, 0.25) is 5.91 Å². The molecule has 3 amide bonds. The molecule has 1 aliphatic heterocycles. The lowest BCUT2D eigenvalue weighted by Gasteiger charge is -2.33. The maximum atomic E-state index is 13.2. The molecule has 0 spiro atoms. The number of hydrogen-bond donors (Lipinski definition) is 1. The summed E-state index contributed by atoms with van der Waals surface area (Å²) in [5, 5.41) is 2.99. The van der Waals surface area contributed by atoms with Crippen LogP contribution in [0, 0.1) is 5.92 Å². The van der Waals surface area contributed by atoms with E-state index in [1.54, 1.807) is 16.7 Å². The summed E-state index contributed by atoms with van der Waals surface area (Å²) in [5.74, 6) is -0.555. The number of benzene rings is 2. The highest BCUT2D eigenvalue weighted by Crippen LogP contribution is 2.22. The van der Waals surface area contributed by atoms with E-state index >= 15 is 0 Å². The molecule has 0 radical (unpaired) electrons. The van der Waals surface area contributed by atoms with Gasteiger partial charge in [-0.2, -0.15) is 0 Å². The second-order valence-corrected chi connectivity index (χ2v) is 8.61. The largest absolute Gasteiger partial charge is 0.466 e. The molecule has 3 rings (SSSR count). The van der Waals surface area contributed by atoms with Crippen LogP contribution in [0.3, 0.4) is 0 Å². The molecule has 182 valence electrons. The number of nitrogens with one attached hydrogen (secondary N) is 1.